The third-order valence-electron chi connectivity index (χ3n) is 1.78. The van der Waals surface area contributed by atoms with Crippen LogP contribution >= 0.6 is 0 Å². The average molecular weight is 256 g/mol. The zero-order chi connectivity index (χ0) is 13.5. The highest BCUT2D eigenvalue weighted by Crippen LogP contribution is 2.11. The molecule has 0 bridgehead atoms. The molecule has 0 rings (SSSR count). The first kappa shape index (κ1) is 15.7. The Bertz CT molecular complexity index is 269. The molecule has 100 valence electrons. The first-order valence-corrected chi connectivity index (χ1v) is 4.96. The number of hydrogen-bond acceptors (Lipinski definition) is 3. The van der Waals surface area contributed by atoms with Crippen molar-refractivity contribution < 1.29 is 27.9 Å². The minimum absolute atomic E-state index is 0.101. The van der Waals surface area contributed by atoms with E-state index in [4.69, 9.17) is 5.11 Å². The van der Waals surface area contributed by atoms with E-state index in [2.05, 4.69) is 5.32 Å². The molecule has 17 heavy (non-hydrogen) atoms. The quantitative estimate of drug-likeness (QED) is 0.614. The molecular weight excluding hydrogens is 241 g/mol. The maximum absolute atomic E-state index is 11.7. The smallest absolute Gasteiger partial charge is 0.401 e. The Kier molecular flexibility index (Phi) is 6.55. The normalized spacial score (nSPS) is 13.2. The van der Waals surface area contributed by atoms with Crippen molar-refractivity contribution in [3.63, 3.8) is 0 Å². The third-order valence-corrected chi connectivity index (χ3v) is 1.78. The number of nitrogens with one attached hydrogen (secondary N) is 2. The van der Waals surface area contributed by atoms with Crippen molar-refractivity contribution in [2.24, 2.45) is 5.92 Å². The molecule has 0 aromatic rings. The number of aliphatic carboxylic acids is 1. The molecular formula is C9H15F3N2O3. The molecule has 0 spiro atoms. The standard InChI is InChI=1S/C9H15F3N2O3/c1-6(2-8(16)17)3-14-7(15)4-13-5-9(10,11)12/h6,13H,2-5H2,1H3,(H,14,15)(H,16,17). The van der Waals surface area contributed by atoms with Gasteiger partial charge < -0.3 is 15.7 Å². The molecule has 5 nitrogen and oxygen atoms in total. The molecule has 0 saturated carbocycles. The molecule has 0 aliphatic carbocycles. The average Bonchev–Trinajstić information content (AvgIpc) is 2.11. The van der Waals surface area contributed by atoms with Gasteiger partial charge in [-0.05, 0) is 5.92 Å². The summed E-state index contributed by atoms with van der Waals surface area (Å²) in [7, 11) is 0. The number of alkyl halides is 3. The number of rotatable bonds is 7. The molecule has 1 amide bonds. The number of carbonyl (C=O) groups excluding carboxylic acids is 1. The lowest BCUT2D eigenvalue weighted by molar-refractivity contribution is -0.138. The van der Waals surface area contributed by atoms with E-state index in [-0.39, 0.29) is 18.9 Å². The van der Waals surface area contributed by atoms with E-state index in [1.165, 1.54) is 0 Å². The van der Waals surface area contributed by atoms with E-state index in [1.807, 2.05) is 5.32 Å². The van der Waals surface area contributed by atoms with Crippen molar-refractivity contribution in [3.05, 3.63) is 0 Å². The molecule has 1 atom stereocenters. The summed E-state index contributed by atoms with van der Waals surface area (Å²) in [4.78, 5) is 21.3. The highest BCUT2D eigenvalue weighted by Gasteiger charge is 2.26. The number of amides is 1. The molecule has 1 unspecified atom stereocenters. The van der Waals surface area contributed by atoms with Gasteiger partial charge in [-0.15, -0.1) is 0 Å². The number of halogens is 3. The lowest BCUT2D eigenvalue weighted by atomic mass is 10.1. The second-order valence-corrected chi connectivity index (χ2v) is 3.73. The van der Waals surface area contributed by atoms with Crippen LogP contribution in [-0.2, 0) is 9.59 Å². The van der Waals surface area contributed by atoms with Crippen LogP contribution in [0.15, 0.2) is 0 Å². The Morgan fingerprint density at radius 1 is 1.35 bits per heavy atom. The van der Waals surface area contributed by atoms with Crippen LogP contribution in [0.2, 0.25) is 0 Å². The monoisotopic (exact) mass is 256 g/mol. The number of carboxylic acid groups (broad SMARTS) is 1. The van der Waals surface area contributed by atoms with Crippen molar-refractivity contribution in [2.45, 2.75) is 19.5 Å². The van der Waals surface area contributed by atoms with Crippen LogP contribution in [0.5, 0.6) is 0 Å². The summed E-state index contributed by atoms with van der Waals surface area (Å²) in [6.45, 7) is 0.0702. The molecule has 0 aliphatic rings. The SMILES string of the molecule is CC(CNC(=O)CNCC(F)(F)F)CC(=O)O. The molecule has 0 aliphatic heterocycles. The van der Waals surface area contributed by atoms with Gasteiger partial charge in [-0.25, -0.2) is 0 Å². The minimum Gasteiger partial charge on any atom is -0.481 e. The van der Waals surface area contributed by atoms with Crippen LogP contribution in [-0.4, -0.2) is 42.8 Å². The lowest BCUT2D eigenvalue weighted by Crippen LogP contribution is -2.39. The summed E-state index contributed by atoms with van der Waals surface area (Å²) in [5.74, 6) is -1.84. The number of carbonyl (C=O) groups is 2. The van der Waals surface area contributed by atoms with Crippen LogP contribution in [0.4, 0.5) is 13.2 Å². The Morgan fingerprint density at radius 3 is 2.41 bits per heavy atom. The lowest BCUT2D eigenvalue weighted by Gasteiger charge is -2.11. The Balaban J connectivity index is 3.63. The fraction of sp³-hybridized carbons (Fsp3) is 0.778. The molecule has 0 aromatic heterocycles. The van der Waals surface area contributed by atoms with Crippen LogP contribution in [0.25, 0.3) is 0 Å². The summed E-state index contributed by atoms with van der Waals surface area (Å²) in [5.41, 5.74) is 0. The van der Waals surface area contributed by atoms with Crippen molar-refractivity contribution in [2.75, 3.05) is 19.6 Å². The van der Waals surface area contributed by atoms with Gasteiger partial charge in [0.1, 0.15) is 0 Å². The van der Waals surface area contributed by atoms with E-state index < -0.39 is 31.1 Å². The van der Waals surface area contributed by atoms with Gasteiger partial charge in [-0.2, -0.15) is 13.2 Å². The fourth-order valence-electron chi connectivity index (χ4n) is 1.04. The molecule has 0 heterocycles. The molecule has 8 heteroatoms. The van der Waals surface area contributed by atoms with Crippen molar-refractivity contribution in [3.8, 4) is 0 Å². The van der Waals surface area contributed by atoms with Crippen LogP contribution < -0.4 is 10.6 Å². The van der Waals surface area contributed by atoms with Gasteiger partial charge in [-0.3, -0.25) is 9.59 Å². The largest absolute Gasteiger partial charge is 0.481 e. The maximum atomic E-state index is 11.7. The zero-order valence-electron chi connectivity index (χ0n) is 9.30. The van der Waals surface area contributed by atoms with Gasteiger partial charge in [0, 0.05) is 13.0 Å². The van der Waals surface area contributed by atoms with Crippen molar-refractivity contribution in [1.82, 2.24) is 10.6 Å². The first-order chi connectivity index (χ1) is 7.70. The maximum Gasteiger partial charge on any atom is 0.401 e. The predicted molar refractivity (Wildman–Crippen MR) is 53.4 cm³/mol. The van der Waals surface area contributed by atoms with E-state index >= 15 is 0 Å². The van der Waals surface area contributed by atoms with Crippen LogP contribution in [0.1, 0.15) is 13.3 Å². The predicted octanol–water partition coefficient (Wildman–Crippen LogP) is 0.365. The first-order valence-electron chi connectivity index (χ1n) is 4.96. The highest BCUT2D eigenvalue weighted by molar-refractivity contribution is 5.78. The van der Waals surface area contributed by atoms with Gasteiger partial charge in [0.25, 0.3) is 0 Å². The summed E-state index contributed by atoms with van der Waals surface area (Å²) < 4.78 is 35.1. The van der Waals surface area contributed by atoms with Crippen LogP contribution in [0, 0.1) is 5.92 Å². The molecule has 0 saturated heterocycles. The third kappa shape index (κ3) is 11.0. The van der Waals surface area contributed by atoms with Crippen molar-refractivity contribution in [1.29, 1.82) is 0 Å². The van der Waals surface area contributed by atoms with E-state index in [0.29, 0.717) is 0 Å². The van der Waals surface area contributed by atoms with Gasteiger partial charge in [0.05, 0.1) is 13.1 Å². The van der Waals surface area contributed by atoms with Gasteiger partial charge in [0.2, 0.25) is 5.91 Å². The van der Waals surface area contributed by atoms with Gasteiger partial charge in [-0.1, -0.05) is 6.92 Å². The Hall–Kier alpha value is -1.31. The van der Waals surface area contributed by atoms with Crippen LogP contribution in [0.3, 0.4) is 0 Å². The molecule has 0 fully saturated rings. The summed E-state index contributed by atoms with van der Waals surface area (Å²) in [6.07, 6.45) is -4.45. The van der Waals surface area contributed by atoms with Gasteiger partial charge in [0.15, 0.2) is 0 Å². The minimum atomic E-state index is -4.35. The Morgan fingerprint density at radius 2 is 1.94 bits per heavy atom. The van der Waals surface area contributed by atoms with E-state index in [9.17, 15) is 22.8 Å². The molecule has 3 N–H and O–H groups in total. The topological polar surface area (TPSA) is 78.4 Å². The summed E-state index contributed by atoms with van der Waals surface area (Å²) >= 11 is 0. The highest BCUT2D eigenvalue weighted by atomic mass is 19.4. The van der Waals surface area contributed by atoms with Gasteiger partial charge >= 0.3 is 12.1 Å². The molecule has 0 radical (unpaired) electrons. The second-order valence-electron chi connectivity index (χ2n) is 3.73. The molecule has 0 aromatic carbocycles. The fourth-order valence-corrected chi connectivity index (χ4v) is 1.04. The van der Waals surface area contributed by atoms with E-state index in [0.717, 1.165) is 0 Å². The summed E-state index contributed by atoms with van der Waals surface area (Å²) in [5, 5.41) is 12.7. The Labute approximate surface area is 96.4 Å². The number of hydrogen-bond donors (Lipinski definition) is 3. The number of carboxylic acids is 1. The second kappa shape index (κ2) is 7.10. The summed E-state index contributed by atoms with van der Waals surface area (Å²) in [6, 6.07) is 0. The zero-order valence-corrected chi connectivity index (χ0v) is 9.30. The van der Waals surface area contributed by atoms with E-state index in [1.54, 1.807) is 6.92 Å². The van der Waals surface area contributed by atoms with Crippen molar-refractivity contribution >= 4 is 11.9 Å².